The lowest BCUT2D eigenvalue weighted by atomic mass is 9.64. The molecule has 1 saturated carbocycles. The molecule has 1 fully saturated rings. The van der Waals surface area contributed by atoms with Crippen LogP contribution in [0.15, 0.2) is 41.3 Å². The van der Waals surface area contributed by atoms with E-state index in [9.17, 15) is 4.79 Å². The number of rotatable bonds is 5. The maximum atomic E-state index is 11.5. The number of hydrogen-bond acceptors (Lipinski definition) is 4. The molecule has 0 bridgehead atoms. The minimum Gasteiger partial charge on any atom is -0.379 e. The van der Waals surface area contributed by atoms with Crippen LogP contribution in [-0.2, 0) is 11.3 Å². The van der Waals surface area contributed by atoms with Crippen LogP contribution in [0.4, 0.5) is 5.69 Å². The maximum Gasteiger partial charge on any atom is 0.285 e. The molecular weight excluding hydrogens is 314 g/mol. The zero-order chi connectivity index (χ0) is 16.4. The fourth-order valence-electron chi connectivity index (χ4n) is 2.86. The van der Waals surface area contributed by atoms with E-state index in [1.807, 2.05) is 18.2 Å². The van der Waals surface area contributed by atoms with Gasteiger partial charge in [-0.25, -0.2) is 5.10 Å². The highest BCUT2D eigenvalue weighted by Crippen LogP contribution is 2.45. The molecule has 1 aromatic carbocycles. The zero-order valence-electron chi connectivity index (χ0n) is 13.2. The van der Waals surface area contributed by atoms with Crippen LogP contribution in [0.3, 0.4) is 0 Å². The quantitative estimate of drug-likeness (QED) is 0.881. The minimum atomic E-state index is -0.384. The molecule has 2 atom stereocenters. The summed E-state index contributed by atoms with van der Waals surface area (Å²) in [7, 11) is 0. The second kappa shape index (κ2) is 6.34. The summed E-state index contributed by atoms with van der Waals surface area (Å²) in [6, 6.07) is 10.3. The first-order valence-corrected chi connectivity index (χ1v) is 8.01. The molecule has 0 amide bonds. The number of hydrogen-bond donors (Lipinski definition) is 2. The Bertz CT molecular complexity index is 730. The molecule has 0 radical (unpaired) electrons. The van der Waals surface area contributed by atoms with Gasteiger partial charge in [0.15, 0.2) is 0 Å². The van der Waals surface area contributed by atoms with Gasteiger partial charge >= 0.3 is 0 Å². The molecule has 1 aliphatic rings. The molecular formula is C17H20ClN3O2. The van der Waals surface area contributed by atoms with Gasteiger partial charge < -0.3 is 10.1 Å². The fourth-order valence-corrected chi connectivity index (χ4v) is 3.00. The van der Waals surface area contributed by atoms with Gasteiger partial charge in [-0.3, -0.25) is 4.79 Å². The Hall–Kier alpha value is -1.85. The number of ether oxygens (including phenoxy) is 1. The van der Waals surface area contributed by atoms with Crippen molar-refractivity contribution in [2.75, 3.05) is 5.32 Å². The van der Waals surface area contributed by atoms with E-state index in [1.54, 1.807) is 0 Å². The molecule has 2 N–H and O–H groups in total. The van der Waals surface area contributed by atoms with Crippen LogP contribution >= 0.6 is 11.6 Å². The number of halogens is 1. The van der Waals surface area contributed by atoms with Gasteiger partial charge in [-0.15, -0.1) is 0 Å². The number of nitrogens with one attached hydrogen (secondary N) is 2. The van der Waals surface area contributed by atoms with E-state index >= 15 is 0 Å². The van der Waals surface area contributed by atoms with E-state index in [0.717, 1.165) is 6.42 Å². The van der Waals surface area contributed by atoms with Crippen LogP contribution in [0.5, 0.6) is 0 Å². The molecule has 1 aliphatic carbocycles. The average Bonchev–Trinajstić information content (AvgIpc) is 2.55. The Morgan fingerprint density at radius 3 is 2.83 bits per heavy atom. The van der Waals surface area contributed by atoms with Crippen molar-refractivity contribution in [2.24, 2.45) is 5.41 Å². The summed E-state index contributed by atoms with van der Waals surface area (Å²) in [4.78, 5) is 11.5. The van der Waals surface area contributed by atoms with Gasteiger partial charge in [-0.05, 0) is 12.0 Å². The van der Waals surface area contributed by atoms with Gasteiger partial charge in [0.2, 0.25) is 0 Å². The van der Waals surface area contributed by atoms with Crippen LogP contribution in [0.2, 0.25) is 5.02 Å². The molecule has 0 spiro atoms. The SMILES string of the molecule is CC1(C)C(Nc2cn[nH]c(=O)c2Cl)CC1OCc1ccccc1. The first kappa shape index (κ1) is 16.0. The summed E-state index contributed by atoms with van der Waals surface area (Å²) in [6.07, 6.45) is 2.56. The fraction of sp³-hybridized carbons (Fsp3) is 0.412. The van der Waals surface area contributed by atoms with Crippen molar-refractivity contribution in [1.29, 1.82) is 0 Å². The van der Waals surface area contributed by atoms with Crippen LogP contribution in [0.25, 0.3) is 0 Å². The molecule has 1 heterocycles. The van der Waals surface area contributed by atoms with Gasteiger partial charge in [0.05, 0.1) is 24.6 Å². The number of nitrogens with zero attached hydrogens (tertiary/aromatic N) is 1. The van der Waals surface area contributed by atoms with Crippen molar-refractivity contribution < 1.29 is 4.74 Å². The standard InChI is InChI=1S/C17H20ClN3O2/c1-17(2)13(20-12-9-19-21-16(22)15(12)18)8-14(17)23-10-11-6-4-3-5-7-11/h3-7,9,13-14H,8,10H2,1-2H3,(H2,20,21,22). The second-order valence-electron chi connectivity index (χ2n) is 6.47. The third-order valence-corrected chi connectivity index (χ3v) is 4.97. The van der Waals surface area contributed by atoms with E-state index in [2.05, 4.69) is 41.5 Å². The van der Waals surface area contributed by atoms with Gasteiger partial charge in [-0.1, -0.05) is 55.8 Å². The van der Waals surface area contributed by atoms with Crippen LogP contribution in [-0.4, -0.2) is 22.3 Å². The molecule has 5 nitrogen and oxygen atoms in total. The van der Waals surface area contributed by atoms with Gasteiger partial charge in [0.1, 0.15) is 5.02 Å². The summed E-state index contributed by atoms with van der Waals surface area (Å²) in [5, 5.41) is 9.55. The highest BCUT2D eigenvalue weighted by Gasteiger charge is 2.49. The number of aromatic amines is 1. The predicted molar refractivity (Wildman–Crippen MR) is 90.7 cm³/mol. The number of anilines is 1. The molecule has 6 heteroatoms. The normalized spacial score (nSPS) is 22.4. The predicted octanol–water partition coefficient (Wildman–Crippen LogP) is 3.22. The van der Waals surface area contributed by atoms with E-state index < -0.39 is 0 Å². The van der Waals surface area contributed by atoms with Crippen molar-refractivity contribution >= 4 is 17.3 Å². The lowest BCUT2D eigenvalue weighted by Gasteiger charge is -2.52. The average molecular weight is 334 g/mol. The first-order chi connectivity index (χ1) is 11.0. The molecule has 2 unspecified atom stereocenters. The molecule has 3 rings (SSSR count). The topological polar surface area (TPSA) is 67.0 Å². The van der Waals surface area contributed by atoms with Crippen molar-refractivity contribution in [2.45, 2.75) is 39.0 Å². The highest BCUT2D eigenvalue weighted by molar-refractivity contribution is 6.32. The summed E-state index contributed by atoms with van der Waals surface area (Å²) in [5.41, 5.74) is 1.29. The molecule has 122 valence electrons. The van der Waals surface area contributed by atoms with Crippen LogP contribution in [0.1, 0.15) is 25.8 Å². The Kier molecular flexibility index (Phi) is 4.41. The smallest absolute Gasteiger partial charge is 0.285 e. The zero-order valence-corrected chi connectivity index (χ0v) is 13.9. The Morgan fingerprint density at radius 1 is 1.39 bits per heavy atom. The van der Waals surface area contributed by atoms with Crippen molar-refractivity contribution in [3.05, 3.63) is 57.5 Å². The molecule has 0 saturated heterocycles. The molecule has 0 aliphatic heterocycles. The monoisotopic (exact) mass is 333 g/mol. The highest BCUT2D eigenvalue weighted by atomic mass is 35.5. The Morgan fingerprint density at radius 2 is 2.13 bits per heavy atom. The molecule has 2 aromatic rings. The largest absolute Gasteiger partial charge is 0.379 e. The third-order valence-electron chi connectivity index (χ3n) is 4.60. The lowest BCUT2D eigenvalue weighted by Crippen LogP contribution is -2.58. The first-order valence-electron chi connectivity index (χ1n) is 7.63. The second-order valence-corrected chi connectivity index (χ2v) is 6.84. The molecule has 1 aromatic heterocycles. The van der Waals surface area contributed by atoms with Crippen molar-refractivity contribution in [3.8, 4) is 0 Å². The van der Waals surface area contributed by atoms with E-state index in [4.69, 9.17) is 16.3 Å². The lowest BCUT2D eigenvalue weighted by molar-refractivity contribution is -0.109. The summed E-state index contributed by atoms with van der Waals surface area (Å²) in [6.45, 7) is 4.91. The van der Waals surface area contributed by atoms with Gasteiger partial charge in [0.25, 0.3) is 5.56 Å². The van der Waals surface area contributed by atoms with E-state index in [-0.39, 0.29) is 28.1 Å². The Balaban J connectivity index is 1.60. The summed E-state index contributed by atoms with van der Waals surface area (Å²) < 4.78 is 6.04. The number of benzene rings is 1. The minimum absolute atomic E-state index is 0.0548. The summed E-state index contributed by atoms with van der Waals surface area (Å²) in [5.74, 6) is 0. The summed E-state index contributed by atoms with van der Waals surface area (Å²) >= 11 is 6.01. The van der Waals surface area contributed by atoms with Gasteiger partial charge in [-0.2, -0.15) is 5.10 Å². The van der Waals surface area contributed by atoms with Crippen LogP contribution in [0, 0.1) is 5.41 Å². The number of H-pyrrole nitrogens is 1. The Labute approximate surface area is 140 Å². The van der Waals surface area contributed by atoms with Gasteiger partial charge in [0, 0.05) is 11.5 Å². The molecule has 23 heavy (non-hydrogen) atoms. The number of aromatic nitrogens is 2. The maximum absolute atomic E-state index is 11.5. The van der Waals surface area contributed by atoms with E-state index in [0.29, 0.717) is 12.3 Å². The van der Waals surface area contributed by atoms with E-state index in [1.165, 1.54) is 11.8 Å². The van der Waals surface area contributed by atoms with Crippen molar-refractivity contribution in [1.82, 2.24) is 10.2 Å². The third kappa shape index (κ3) is 3.26. The van der Waals surface area contributed by atoms with Crippen LogP contribution < -0.4 is 10.9 Å². The van der Waals surface area contributed by atoms with Crippen molar-refractivity contribution in [3.63, 3.8) is 0 Å².